The van der Waals surface area contributed by atoms with Crippen molar-refractivity contribution >= 4 is 5.97 Å². The Labute approximate surface area is 190 Å². The number of halogens is 5. The van der Waals surface area contributed by atoms with Crippen LogP contribution >= 0.6 is 0 Å². The second kappa shape index (κ2) is 7.75. The molecule has 1 N–H and O–H groups in total. The van der Waals surface area contributed by atoms with Gasteiger partial charge in [-0.1, -0.05) is 0 Å². The number of aromatic nitrogens is 2. The number of nitrogens with zero attached hydrogens (tertiary/aromatic N) is 2. The molecule has 0 amide bonds. The van der Waals surface area contributed by atoms with Crippen LogP contribution in [-0.2, 0) is 24.0 Å². The summed E-state index contributed by atoms with van der Waals surface area (Å²) in [6.45, 7) is 0.979. The highest BCUT2D eigenvalue weighted by Gasteiger charge is 2.59. The number of rotatable bonds is 5. The van der Waals surface area contributed by atoms with Crippen molar-refractivity contribution in [2.45, 2.75) is 32.0 Å². The van der Waals surface area contributed by atoms with Crippen molar-refractivity contribution in [2.24, 2.45) is 11.8 Å². The van der Waals surface area contributed by atoms with Crippen molar-refractivity contribution in [1.29, 1.82) is 0 Å². The molecule has 3 unspecified atom stereocenters. The summed E-state index contributed by atoms with van der Waals surface area (Å²) in [5.74, 6) is -3.03. The molecule has 2 heterocycles. The zero-order valence-corrected chi connectivity index (χ0v) is 17.7. The van der Waals surface area contributed by atoms with Gasteiger partial charge in [0, 0.05) is 35.0 Å². The van der Waals surface area contributed by atoms with Gasteiger partial charge in [-0.3, -0.25) is 4.79 Å². The Kier molecular flexibility index (Phi) is 5.07. The summed E-state index contributed by atoms with van der Waals surface area (Å²) < 4.78 is 74.4. The van der Waals surface area contributed by atoms with Crippen molar-refractivity contribution in [3.8, 4) is 17.0 Å². The van der Waals surface area contributed by atoms with Crippen molar-refractivity contribution in [3.05, 3.63) is 76.2 Å². The molecule has 2 aromatic heterocycles. The number of carbonyl (C=O) groups is 1. The number of carboxylic acids is 1. The molecule has 2 aliphatic rings. The zero-order chi connectivity index (χ0) is 24.4. The molecule has 0 radical (unpaired) electrons. The summed E-state index contributed by atoms with van der Waals surface area (Å²) in [4.78, 5) is 19.0. The third kappa shape index (κ3) is 3.76. The first-order valence-corrected chi connectivity index (χ1v) is 10.4. The van der Waals surface area contributed by atoms with Gasteiger partial charge in [-0.25, -0.2) is 14.4 Å². The molecule has 0 aliphatic heterocycles. The number of carboxylic acid groups (broad SMARTS) is 1. The minimum Gasteiger partial charge on any atom is -0.481 e. The van der Waals surface area contributed by atoms with E-state index in [1.54, 1.807) is 12.3 Å². The topological polar surface area (TPSA) is 72.3 Å². The average Bonchev–Trinajstić information content (AvgIpc) is 3.35. The van der Waals surface area contributed by atoms with Crippen molar-refractivity contribution in [3.63, 3.8) is 0 Å². The number of benzene rings is 1. The van der Waals surface area contributed by atoms with Crippen LogP contribution in [-0.4, -0.2) is 21.0 Å². The minimum absolute atomic E-state index is 0.0258. The normalized spacial score (nSPS) is 20.6. The fraction of sp³-hybridized carbons (Fsp3) is 0.292. The monoisotopic (exact) mass is 476 g/mol. The van der Waals surface area contributed by atoms with Gasteiger partial charge in [0.25, 0.3) is 0 Å². The number of fused-ring (bicyclic) bond motifs is 3. The van der Waals surface area contributed by atoms with Crippen LogP contribution in [0.5, 0.6) is 5.88 Å². The van der Waals surface area contributed by atoms with Crippen molar-refractivity contribution in [2.75, 3.05) is 0 Å². The largest absolute Gasteiger partial charge is 0.481 e. The smallest absolute Gasteiger partial charge is 0.417 e. The summed E-state index contributed by atoms with van der Waals surface area (Å²) in [5.41, 5.74) is 0.140. The highest BCUT2D eigenvalue weighted by atomic mass is 19.4. The van der Waals surface area contributed by atoms with Crippen molar-refractivity contribution in [1.82, 2.24) is 9.97 Å². The third-order valence-electron chi connectivity index (χ3n) is 6.48. The Bertz CT molecular complexity index is 1320. The van der Waals surface area contributed by atoms with Crippen LogP contribution in [0.4, 0.5) is 22.0 Å². The van der Waals surface area contributed by atoms with E-state index in [0.29, 0.717) is 12.5 Å². The molecule has 34 heavy (non-hydrogen) atoms. The molecule has 0 bridgehead atoms. The van der Waals surface area contributed by atoms with Crippen LogP contribution in [0.3, 0.4) is 0 Å². The molecule has 3 atom stereocenters. The molecular formula is C24H17F5N2O3. The molecular weight excluding hydrogens is 459 g/mol. The number of aryl methyl sites for hydroxylation is 1. The first-order valence-electron chi connectivity index (χ1n) is 10.4. The lowest BCUT2D eigenvalue weighted by molar-refractivity contribution is -0.139. The average molecular weight is 476 g/mol. The second-order valence-electron chi connectivity index (χ2n) is 8.52. The van der Waals surface area contributed by atoms with E-state index in [0.717, 1.165) is 23.3 Å². The van der Waals surface area contributed by atoms with E-state index in [1.807, 2.05) is 0 Å². The predicted octanol–water partition coefficient (Wildman–Crippen LogP) is 5.30. The maximum absolute atomic E-state index is 14.6. The quantitative estimate of drug-likeness (QED) is 0.400. The lowest BCUT2D eigenvalue weighted by Crippen LogP contribution is -2.11. The second-order valence-corrected chi connectivity index (χ2v) is 8.52. The maximum Gasteiger partial charge on any atom is 0.417 e. The van der Waals surface area contributed by atoms with Gasteiger partial charge in [-0.05, 0) is 60.2 Å². The lowest BCUT2D eigenvalue weighted by atomic mass is 9.95. The number of pyridine rings is 2. The van der Waals surface area contributed by atoms with E-state index in [1.165, 1.54) is 13.0 Å². The van der Waals surface area contributed by atoms with E-state index >= 15 is 0 Å². The Balaban J connectivity index is 1.42. The Hall–Kier alpha value is -3.56. The number of aliphatic carboxylic acids is 1. The summed E-state index contributed by atoms with van der Waals surface area (Å²) in [6, 6.07) is 5.18. The van der Waals surface area contributed by atoms with Gasteiger partial charge in [0.1, 0.15) is 12.4 Å². The Morgan fingerprint density at radius 3 is 2.62 bits per heavy atom. The first-order chi connectivity index (χ1) is 16.0. The standard InChI is InChI=1S/C24H17F5N2O3/c1-10-13(2-3-19(26)31-10)14-5-12(18(25)7-17(14)24(27,28)29)9-34-20-6-11-4-15-21(16(11)8-30-20)22(15)23(32)33/h2-3,5-8,15,21-22H,4,9H2,1H3,(H,32,33). The summed E-state index contributed by atoms with van der Waals surface area (Å²) in [7, 11) is 0. The molecule has 0 saturated heterocycles. The fourth-order valence-corrected chi connectivity index (χ4v) is 4.84. The van der Waals surface area contributed by atoms with Crippen LogP contribution in [0.25, 0.3) is 11.1 Å². The van der Waals surface area contributed by atoms with Crippen LogP contribution in [0, 0.1) is 30.5 Å². The Morgan fingerprint density at radius 2 is 1.94 bits per heavy atom. The Morgan fingerprint density at radius 1 is 1.18 bits per heavy atom. The van der Waals surface area contributed by atoms with Crippen LogP contribution in [0.2, 0.25) is 0 Å². The minimum atomic E-state index is -4.84. The molecule has 1 aromatic carbocycles. The van der Waals surface area contributed by atoms with Gasteiger partial charge in [0.15, 0.2) is 0 Å². The molecule has 2 aliphatic carbocycles. The molecule has 176 valence electrons. The summed E-state index contributed by atoms with van der Waals surface area (Å²) >= 11 is 0. The molecule has 10 heteroatoms. The number of alkyl halides is 3. The highest BCUT2D eigenvalue weighted by molar-refractivity contribution is 5.77. The van der Waals surface area contributed by atoms with Crippen LogP contribution in [0.1, 0.15) is 33.9 Å². The lowest BCUT2D eigenvalue weighted by Gasteiger charge is -2.17. The van der Waals surface area contributed by atoms with Gasteiger partial charge in [-0.15, -0.1) is 0 Å². The fourth-order valence-electron chi connectivity index (χ4n) is 4.84. The van der Waals surface area contributed by atoms with Gasteiger partial charge in [0.2, 0.25) is 11.8 Å². The summed E-state index contributed by atoms with van der Waals surface area (Å²) in [6.07, 6.45) is -2.72. The molecule has 1 fully saturated rings. The molecule has 5 rings (SSSR count). The zero-order valence-electron chi connectivity index (χ0n) is 17.7. The molecule has 1 saturated carbocycles. The molecule has 3 aromatic rings. The van der Waals surface area contributed by atoms with Gasteiger partial charge < -0.3 is 9.84 Å². The summed E-state index contributed by atoms with van der Waals surface area (Å²) in [5, 5.41) is 9.21. The molecule has 0 spiro atoms. The van der Waals surface area contributed by atoms with Gasteiger partial charge in [0.05, 0.1) is 11.5 Å². The van der Waals surface area contributed by atoms with Crippen LogP contribution < -0.4 is 4.74 Å². The van der Waals surface area contributed by atoms with E-state index in [-0.39, 0.29) is 46.7 Å². The highest BCUT2D eigenvalue weighted by Crippen LogP contribution is 2.61. The number of hydrogen-bond acceptors (Lipinski definition) is 4. The predicted molar refractivity (Wildman–Crippen MR) is 109 cm³/mol. The molecule has 5 nitrogen and oxygen atoms in total. The van der Waals surface area contributed by atoms with E-state index in [4.69, 9.17) is 4.74 Å². The number of hydrogen-bond donors (Lipinski definition) is 1. The third-order valence-corrected chi connectivity index (χ3v) is 6.48. The SMILES string of the molecule is Cc1nc(F)ccc1-c1cc(COc2cc3c(cn2)C2C(C3)C2C(=O)O)c(F)cc1C(F)(F)F. The van der Waals surface area contributed by atoms with Crippen LogP contribution in [0.15, 0.2) is 36.5 Å². The number of ether oxygens (including phenoxy) is 1. The van der Waals surface area contributed by atoms with Crippen molar-refractivity contribution < 1.29 is 36.6 Å². The maximum atomic E-state index is 14.6. The first kappa shape index (κ1) is 22.2. The van der Waals surface area contributed by atoms with E-state index < -0.39 is 35.4 Å². The van der Waals surface area contributed by atoms with Gasteiger partial charge in [-0.2, -0.15) is 17.6 Å². The van der Waals surface area contributed by atoms with Gasteiger partial charge >= 0.3 is 12.1 Å². The van der Waals surface area contributed by atoms with E-state index in [9.17, 15) is 31.9 Å². The van der Waals surface area contributed by atoms with E-state index in [2.05, 4.69) is 9.97 Å².